The average Bonchev–Trinajstić information content (AvgIpc) is 2.44. The maximum atomic E-state index is 12.8. The summed E-state index contributed by atoms with van der Waals surface area (Å²) >= 11 is 0. The minimum atomic E-state index is -4.54. The van der Waals surface area contributed by atoms with Crippen LogP contribution in [-0.2, 0) is 15.7 Å². The molecule has 1 aromatic carbocycles. The van der Waals surface area contributed by atoms with E-state index in [4.69, 9.17) is 4.74 Å². The predicted octanol–water partition coefficient (Wildman–Crippen LogP) is 2.28. The Morgan fingerprint density at radius 2 is 2.05 bits per heavy atom. The summed E-state index contributed by atoms with van der Waals surface area (Å²) in [6.07, 6.45) is -5.24. The molecule has 0 aliphatic carbocycles. The number of rotatable bonds is 7. The van der Waals surface area contributed by atoms with Crippen LogP contribution in [0.4, 0.5) is 13.2 Å². The highest BCUT2D eigenvalue weighted by atomic mass is 19.4. The molecule has 7 heteroatoms. The zero-order chi connectivity index (χ0) is 15.9. The molecule has 1 atom stereocenters. The van der Waals surface area contributed by atoms with Crippen LogP contribution in [0.2, 0.25) is 0 Å². The third-order valence-electron chi connectivity index (χ3n) is 2.87. The van der Waals surface area contributed by atoms with Crippen molar-refractivity contribution in [3.8, 4) is 0 Å². The van der Waals surface area contributed by atoms with Crippen LogP contribution in [0.1, 0.15) is 30.1 Å². The predicted molar refractivity (Wildman–Crippen MR) is 70.5 cm³/mol. The first-order valence-corrected chi connectivity index (χ1v) is 6.46. The number of nitrogens with one attached hydrogen (secondary N) is 1. The lowest BCUT2D eigenvalue weighted by Gasteiger charge is -2.17. The Kier molecular flexibility index (Phi) is 6.64. The van der Waals surface area contributed by atoms with Crippen molar-refractivity contribution < 1.29 is 27.8 Å². The van der Waals surface area contributed by atoms with Gasteiger partial charge in [-0.05, 0) is 18.1 Å². The van der Waals surface area contributed by atoms with E-state index < -0.39 is 17.8 Å². The summed E-state index contributed by atoms with van der Waals surface area (Å²) in [5.41, 5.74) is -1.15. The molecule has 118 valence electrons. The Labute approximate surface area is 120 Å². The summed E-state index contributed by atoms with van der Waals surface area (Å²) < 4.78 is 43.2. The second-order valence-corrected chi connectivity index (χ2v) is 4.50. The number of hydrogen-bond acceptors (Lipinski definition) is 3. The Morgan fingerprint density at radius 1 is 1.38 bits per heavy atom. The van der Waals surface area contributed by atoms with Gasteiger partial charge in [0.2, 0.25) is 5.91 Å². The van der Waals surface area contributed by atoms with E-state index in [1.165, 1.54) is 25.3 Å². The van der Waals surface area contributed by atoms with Gasteiger partial charge in [0.15, 0.2) is 0 Å². The van der Waals surface area contributed by atoms with E-state index in [-0.39, 0.29) is 24.4 Å². The summed E-state index contributed by atoms with van der Waals surface area (Å²) in [6.45, 7) is 0.159. The van der Waals surface area contributed by atoms with Crippen molar-refractivity contribution in [3.05, 3.63) is 35.4 Å². The molecule has 1 rings (SSSR count). The highest BCUT2D eigenvalue weighted by molar-refractivity contribution is 5.75. The van der Waals surface area contributed by atoms with Crippen molar-refractivity contribution >= 4 is 5.91 Å². The van der Waals surface area contributed by atoms with E-state index in [2.05, 4.69) is 5.32 Å². The van der Waals surface area contributed by atoms with Crippen LogP contribution >= 0.6 is 0 Å². The summed E-state index contributed by atoms with van der Waals surface area (Å²) in [5, 5.41) is 12.3. The van der Waals surface area contributed by atoms with Crippen molar-refractivity contribution in [2.75, 3.05) is 20.3 Å². The molecule has 0 spiro atoms. The van der Waals surface area contributed by atoms with Crippen LogP contribution in [0.25, 0.3) is 0 Å². The van der Waals surface area contributed by atoms with Crippen LogP contribution in [0.15, 0.2) is 24.3 Å². The molecule has 0 saturated carbocycles. The number of carbonyl (C=O) groups excluding carboxylic acids is 1. The van der Waals surface area contributed by atoms with Gasteiger partial charge in [0.05, 0.1) is 11.7 Å². The van der Waals surface area contributed by atoms with Crippen molar-refractivity contribution in [1.82, 2.24) is 5.32 Å². The van der Waals surface area contributed by atoms with Crippen molar-refractivity contribution in [2.45, 2.75) is 25.1 Å². The summed E-state index contributed by atoms with van der Waals surface area (Å²) in [5.74, 6) is -0.337. The number of aliphatic hydroxyl groups excluding tert-OH is 1. The number of carbonyl (C=O) groups is 1. The third-order valence-corrected chi connectivity index (χ3v) is 2.87. The Morgan fingerprint density at radius 3 is 2.67 bits per heavy atom. The summed E-state index contributed by atoms with van der Waals surface area (Å²) in [6, 6.07) is 4.76. The molecule has 0 radical (unpaired) electrons. The highest BCUT2D eigenvalue weighted by Crippen LogP contribution is 2.34. The lowest BCUT2D eigenvalue weighted by molar-refractivity contribution is -0.139. The minimum absolute atomic E-state index is 0.196. The summed E-state index contributed by atoms with van der Waals surface area (Å²) in [7, 11) is 1.51. The van der Waals surface area contributed by atoms with Crippen molar-refractivity contribution in [1.29, 1.82) is 0 Å². The van der Waals surface area contributed by atoms with Gasteiger partial charge in [-0.15, -0.1) is 0 Å². The fourth-order valence-corrected chi connectivity index (χ4v) is 1.83. The summed E-state index contributed by atoms with van der Waals surface area (Å²) in [4.78, 5) is 11.4. The maximum Gasteiger partial charge on any atom is 0.416 e. The Hall–Kier alpha value is -1.60. The lowest BCUT2D eigenvalue weighted by atomic mass is 10.0. The molecule has 21 heavy (non-hydrogen) atoms. The third kappa shape index (κ3) is 5.73. The molecule has 0 fully saturated rings. The molecule has 1 unspecified atom stereocenters. The van der Waals surface area contributed by atoms with Crippen LogP contribution in [0.3, 0.4) is 0 Å². The van der Waals surface area contributed by atoms with Gasteiger partial charge in [0, 0.05) is 26.7 Å². The maximum absolute atomic E-state index is 12.8. The number of halogens is 3. The topological polar surface area (TPSA) is 58.6 Å². The van der Waals surface area contributed by atoms with Gasteiger partial charge in [-0.3, -0.25) is 4.79 Å². The lowest BCUT2D eigenvalue weighted by Crippen LogP contribution is -2.29. The molecular weight excluding hydrogens is 287 g/mol. The molecule has 0 aliphatic rings. The van der Waals surface area contributed by atoms with Gasteiger partial charge in [-0.1, -0.05) is 18.2 Å². The second kappa shape index (κ2) is 7.99. The van der Waals surface area contributed by atoms with E-state index in [1.807, 2.05) is 0 Å². The van der Waals surface area contributed by atoms with Gasteiger partial charge in [0.1, 0.15) is 0 Å². The van der Waals surface area contributed by atoms with Gasteiger partial charge in [-0.25, -0.2) is 0 Å². The molecule has 2 N–H and O–H groups in total. The van der Waals surface area contributed by atoms with Gasteiger partial charge >= 0.3 is 6.18 Å². The molecule has 1 aromatic rings. The molecule has 0 bridgehead atoms. The fraction of sp³-hybridized carbons (Fsp3) is 0.500. The first-order chi connectivity index (χ1) is 9.86. The van der Waals surface area contributed by atoms with Crippen LogP contribution < -0.4 is 5.32 Å². The Balaban J connectivity index is 2.60. The van der Waals surface area contributed by atoms with Gasteiger partial charge in [0.25, 0.3) is 0 Å². The molecule has 0 heterocycles. The standard InChI is InChI=1S/C14H18F3NO3/c1-21-8-4-7-13(20)18-9-12(19)10-5-2-3-6-11(10)14(15,16)17/h2-3,5-6,12,19H,4,7-9H2,1H3,(H,18,20). The van der Waals surface area contributed by atoms with E-state index in [1.54, 1.807) is 0 Å². The Bertz CT molecular complexity index is 463. The molecule has 0 saturated heterocycles. The molecular formula is C14H18F3NO3. The molecule has 0 aromatic heterocycles. The second-order valence-electron chi connectivity index (χ2n) is 4.50. The van der Waals surface area contributed by atoms with Crippen LogP contribution in [0.5, 0.6) is 0 Å². The minimum Gasteiger partial charge on any atom is -0.387 e. The zero-order valence-corrected chi connectivity index (χ0v) is 11.6. The van der Waals surface area contributed by atoms with E-state index in [0.29, 0.717) is 13.0 Å². The van der Waals surface area contributed by atoms with E-state index in [0.717, 1.165) is 6.07 Å². The monoisotopic (exact) mass is 305 g/mol. The number of benzene rings is 1. The number of alkyl halides is 3. The SMILES string of the molecule is COCCCC(=O)NCC(O)c1ccccc1C(F)(F)F. The largest absolute Gasteiger partial charge is 0.416 e. The van der Waals surface area contributed by atoms with Gasteiger partial charge in [-0.2, -0.15) is 13.2 Å². The molecule has 1 amide bonds. The smallest absolute Gasteiger partial charge is 0.387 e. The van der Waals surface area contributed by atoms with Crippen molar-refractivity contribution in [2.24, 2.45) is 0 Å². The normalized spacial score (nSPS) is 13.0. The fourth-order valence-electron chi connectivity index (χ4n) is 1.83. The average molecular weight is 305 g/mol. The number of ether oxygens (including phenoxy) is 1. The van der Waals surface area contributed by atoms with Crippen LogP contribution in [0, 0.1) is 0 Å². The molecule has 0 aliphatic heterocycles. The van der Waals surface area contributed by atoms with E-state index in [9.17, 15) is 23.1 Å². The first kappa shape index (κ1) is 17.5. The molecule has 4 nitrogen and oxygen atoms in total. The first-order valence-electron chi connectivity index (χ1n) is 6.46. The highest BCUT2D eigenvalue weighted by Gasteiger charge is 2.34. The quantitative estimate of drug-likeness (QED) is 0.760. The van der Waals surface area contributed by atoms with Gasteiger partial charge < -0.3 is 15.2 Å². The van der Waals surface area contributed by atoms with Crippen LogP contribution in [-0.4, -0.2) is 31.3 Å². The van der Waals surface area contributed by atoms with Crippen molar-refractivity contribution in [3.63, 3.8) is 0 Å². The van der Waals surface area contributed by atoms with E-state index >= 15 is 0 Å². The number of amides is 1. The number of hydrogen-bond donors (Lipinski definition) is 2. The number of methoxy groups -OCH3 is 1. The zero-order valence-electron chi connectivity index (χ0n) is 11.6. The number of aliphatic hydroxyl groups is 1.